The third kappa shape index (κ3) is 10.0. The van der Waals surface area contributed by atoms with Crippen molar-refractivity contribution in [3.05, 3.63) is 114 Å². The van der Waals surface area contributed by atoms with Gasteiger partial charge in [-0.1, -0.05) is 93.7 Å². The van der Waals surface area contributed by atoms with Gasteiger partial charge in [0.05, 0.1) is 6.61 Å². The van der Waals surface area contributed by atoms with Crippen molar-refractivity contribution in [2.45, 2.75) is 57.8 Å². The summed E-state index contributed by atoms with van der Waals surface area (Å²) < 4.78 is 18.8. The van der Waals surface area contributed by atoms with Crippen molar-refractivity contribution in [3.8, 4) is 5.75 Å². The molecule has 0 radical (unpaired) electrons. The van der Waals surface area contributed by atoms with Crippen LogP contribution in [0.25, 0.3) is 12.2 Å². The molecule has 2 nitrogen and oxygen atoms in total. The molecular weight excluding hydrogens is 447 g/mol. The van der Waals surface area contributed by atoms with Crippen LogP contribution in [0.15, 0.2) is 85.5 Å². The van der Waals surface area contributed by atoms with Crippen LogP contribution < -0.4 is 4.74 Å². The lowest BCUT2D eigenvalue weighted by Gasteiger charge is -2.06. The largest absolute Gasteiger partial charge is 0.494 e. The smallest absolute Gasteiger partial charge is 0.185 e. The van der Waals surface area contributed by atoms with Gasteiger partial charge in [0, 0.05) is 5.56 Å². The average molecular weight is 485 g/mol. The summed E-state index contributed by atoms with van der Waals surface area (Å²) in [5, 5.41) is 0. The molecule has 0 spiro atoms. The first-order valence-corrected chi connectivity index (χ1v) is 13.1. The number of benzene rings is 3. The Kier molecular flexibility index (Phi) is 11.7. The lowest BCUT2D eigenvalue weighted by atomic mass is 10.0. The molecule has 0 amide bonds. The molecule has 0 aliphatic carbocycles. The number of allylic oxidation sites excluding steroid dienone is 1. The van der Waals surface area contributed by atoms with E-state index in [1.165, 1.54) is 80.9 Å². The van der Waals surface area contributed by atoms with Crippen molar-refractivity contribution in [3.63, 3.8) is 0 Å². The summed E-state index contributed by atoms with van der Waals surface area (Å²) in [6.07, 6.45) is 16.2. The fourth-order valence-electron chi connectivity index (χ4n) is 4.06. The molecule has 188 valence electrons. The first kappa shape index (κ1) is 27.1. The van der Waals surface area contributed by atoms with Crippen LogP contribution in [-0.4, -0.2) is 12.4 Å². The predicted molar refractivity (Wildman–Crippen MR) is 149 cm³/mol. The molecule has 0 N–H and O–H groups in total. The van der Waals surface area contributed by atoms with Gasteiger partial charge in [-0.05, 0) is 78.4 Å². The molecule has 0 heterocycles. The first-order valence-electron chi connectivity index (χ1n) is 13.1. The number of carbonyl (C=O) groups excluding carboxylic acids is 1. The molecule has 0 bridgehead atoms. The van der Waals surface area contributed by atoms with E-state index in [0.717, 1.165) is 36.3 Å². The van der Waals surface area contributed by atoms with Gasteiger partial charge in [0.1, 0.15) is 11.6 Å². The van der Waals surface area contributed by atoms with Crippen molar-refractivity contribution in [2.24, 2.45) is 0 Å². The van der Waals surface area contributed by atoms with Gasteiger partial charge in [0.2, 0.25) is 0 Å². The highest BCUT2D eigenvalue weighted by atomic mass is 19.1. The minimum Gasteiger partial charge on any atom is -0.494 e. The zero-order chi connectivity index (χ0) is 25.4. The maximum absolute atomic E-state index is 13.0. The Balaban J connectivity index is 1.19. The summed E-state index contributed by atoms with van der Waals surface area (Å²) >= 11 is 0. The Hall–Kier alpha value is -3.46. The zero-order valence-corrected chi connectivity index (χ0v) is 21.1. The van der Waals surface area contributed by atoms with E-state index in [1.54, 1.807) is 0 Å². The summed E-state index contributed by atoms with van der Waals surface area (Å²) in [5.41, 5.74) is 3.92. The van der Waals surface area contributed by atoms with Crippen LogP contribution in [0.1, 0.15) is 78.4 Å². The van der Waals surface area contributed by atoms with Crippen molar-refractivity contribution in [1.82, 2.24) is 0 Å². The van der Waals surface area contributed by atoms with Crippen molar-refractivity contribution < 1.29 is 13.9 Å². The topological polar surface area (TPSA) is 26.3 Å². The second-order valence-electron chi connectivity index (χ2n) is 9.15. The van der Waals surface area contributed by atoms with Gasteiger partial charge in [0.25, 0.3) is 0 Å². The van der Waals surface area contributed by atoms with Gasteiger partial charge >= 0.3 is 0 Å². The monoisotopic (exact) mass is 484 g/mol. The van der Waals surface area contributed by atoms with E-state index in [9.17, 15) is 9.18 Å². The summed E-state index contributed by atoms with van der Waals surface area (Å²) in [5.74, 6) is 0.473. The fraction of sp³-hybridized carbons (Fsp3) is 0.303. The number of hydrogen-bond acceptors (Lipinski definition) is 2. The van der Waals surface area contributed by atoms with Gasteiger partial charge in [0.15, 0.2) is 5.78 Å². The molecule has 0 saturated carbocycles. The van der Waals surface area contributed by atoms with Gasteiger partial charge in [-0.15, -0.1) is 0 Å². The Labute approximate surface area is 215 Å². The van der Waals surface area contributed by atoms with Crippen molar-refractivity contribution in [1.29, 1.82) is 0 Å². The Morgan fingerprint density at radius 1 is 0.722 bits per heavy atom. The number of unbranched alkanes of at least 4 members (excludes halogenated alkanes) is 7. The van der Waals surface area contributed by atoms with Crippen LogP contribution in [0.2, 0.25) is 0 Å². The Bertz CT molecular complexity index is 1080. The summed E-state index contributed by atoms with van der Waals surface area (Å²) in [4.78, 5) is 12.2. The highest BCUT2D eigenvalue weighted by Gasteiger charge is 2.02. The van der Waals surface area contributed by atoms with E-state index < -0.39 is 0 Å². The quantitative estimate of drug-likeness (QED) is 0.115. The molecule has 3 aromatic rings. The third-order valence-electron chi connectivity index (χ3n) is 6.28. The molecule has 3 heteroatoms. The van der Waals surface area contributed by atoms with Crippen LogP contribution in [-0.2, 0) is 6.42 Å². The van der Waals surface area contributed by atoms with E-state index in [0.29, 0.717) is 5.56 Å². The van der Waals surface area contributed by atoms with E-state index in [-0.39, 0.29) is 11.6 Å². The van der Waals surface area contributed by atoms with Crippen LogP contribution >= 0.6 is 0 Å². The number of hydrogen-bond donors (Lipinski definition) is 0. The second-order valence-corrected chi connectivity index (χ2v) is 9.15. The normalized spacial score (nSPS) is 11.0. The predicted octanol–water partition coefficient (Wildman–Crippen LogP) is 9.11. The molecular formula is C33H37FO2. The first-order chi connectivity index (χ1) is 17.6. The average Bonchev–Trinajstić information content (AvgIpc) is 2.91. The molecule has 0 saturated heterocycles. The maximum atomic E-state index is 13.0. The fourth-order valence-corrected chi connectivity index (χ4v) is 4.06. The van der Waals surface area contributed by atoms with Crippen molar-refractivity contribution in [2.75, 3.05) is 6.61 Å². The minimum atomic E-state index is -0.338. The van der Waals surface area contributed by atoms with E-state index in [2.05, 4.69) is 18.7 Å². The standard InChI is InChI=1S/C33H37FO2/c1-2-27-16-23-32(24-17-27)36-26-10-8-6-4-3-5-7-9-11-28-12-14-29(15-13-28)18-25-33(35)30-19-21-31(34)22-20-30/h2,12-25H,1,3-11,26H2/b25-18+. The molecule has 0 aliphatic rings. The summed E-state index contributed by atoms with van der Waals surface area (Å²) in [7, 11) is 0. The number of rotatable bonds is 16. The molecule has 3 aromatic carbocycles. The van der Waals surface area contributed by atoms with Crippen LogP contribution in [0, 0.1) is 5.82 Å². The molecule has 0 aliphatic heterocycles. The van der Waals surface area contributed by atoms with Crippen LogP contribution in [0.3, 0.4) is 0 Å². The molecule has 0 aromatic heterocycles. The summed E-state index contributed by atoms with van der Waals surface area (Å²) in [6.45, 7) is 4.55. The molecule has 36 heavy (non-hydrogen) atoms. The molecule has 3 rings (SSSR count). The highest BCUT2D eigenvalue weighted by Crippen LogP contribution is 2.15. The SMILES string of the molecule is C=Cc1ccc(OCCCCCCCCCCc2ccc(/C=C/C(=O)c3ccc(F)cc3)cc2)cc1. The van der Waals surface area contributed by atoms with Gasteiger partial charge in [-0.2, -0.15) is 0 Å². The lowest BCUT2D eigenvalue weighted by Crippen LogP contribution is -1.97. The number of halogens is 1. The molecule has 0 fully saturated rings. The second kappa shape index (κ2) is 15.5. The third-order valence-corrected chi connectivity index (χ3v) is 6.28. The van der Waals surface area contributed by atoms with Gasteiger partial charge < -0.3 is 4.74 Å². The van der Waals surface area contributed by atoms with Crippen LogP contribution in [0.5, 0.6) is 5.75 Å². The zero-order valence-electron chi connectivity index (χ0n) is 21.1. The van der Waals surface area contributed by atoms with E-state index in [1.807, 2.05) is 48.6 Å². The number of carbonyl (C=O) groups is 1. The Morgan fingerprint density at radius 2 is 1.31 bits per heavy atom. The Morgan fingerprint density at radius 3 is 1.94 bits per heavy atom. The van der Waals surface area contributed by atoms with E-state index in [4.69, 9.17) is 4.74 Å². The number of aryl methyl sites for hydroxylation is 1. The van der Waals surface area contributed by atoms with Gasteiger partial charge in [-0.3, -0.25) is 4.79 Å². The molecule has 0 atom stereocenters. The minimum absolute atomic E-state index is 0.123. The number of ketones is 1. The molecule has 0 unspecified atom stereocenters. The van der Waals surface area contributed by atoms with Gasteiger partial charge in [-0.25, -0.2) is 4.39 Å². The highest BCUT2D eigenvalue weighted by molar-refractivity contribution is 6.06. The van der Waals surface area contributed by atoms with Crippen molar-refractivity contribution >= 4 is 17.9 Å². The number of ether oxygens (including phenoxy) is 1. The lowest BCUT2D eigenvalue weighted by molar-refractivity contribution is 0.104. The maximum Gasteiger partial charge on any atom is 0.185 e. The summed E-state index contributed by atoms with van der Waals surface area (Å²) in [6, 6.07) is 22.0. The van der Waals surface area contributed by atoms with Crippen LogP contribution in [0.4, 0.5) is 4.39 Å². The van der Waals surface area contributed by atoms with E-state index >= 15 is 0 Å².